The molecule has 1 aliphatic carbocycles. The molecule has 2 heterocycles. The van der Waals surface area contributed by atoms with Crippen LogP contribution in [0.5, 0.6) is 5.75 Å². The minimum absolute atomic E-state index is 0.103. The van der Waals surface area contributed by atoms with E-state index in [0.29, 0.717) is 11.5 Å². The first-order valence-electron chi connectivity index (χ1n) is 8.95. The van der Waals surface area contributed by atoms with E-state index < -0.39 is 5.91 Å². The molecule has 1 saturated carbocycles. The number of nitrogens with zero attached hydrogens (tertiary/aromatic N) is 2. The number of para-hydroxylation sites is 1. The summed E-state index contributed by atoms with van der Waals surface area (Å²) in [6.45, 7) is 0.207. The molecule has 144 valence electrons. The second-order valence-electron chi connectivity index (χ2n) is 6.71. The molecule has 2 N–H and O–H groups in total. The highest BCUT2D eigenvalue weighted by molar-refractivity contribution is 5.93. The van der Waals surface area contributed by atoms with Crippen LogP contribution in [0.25, 0.3) is 0 Å². The molecule has 0 bridgehead atoms. The minimum atomic E-state index is -0.516. The zero-order valence-electron chi connectivity index (χ0n) is 15.3. The molecule has 2 atom stereocenters. The normalized spacial score (nSPS) is 17.8. The lowest BCUT2D eigenvalue weighted by Crippen LogP contribution is -2.42. The Bertz CT molecular complexity index is 979. The van der Waals surface area contributed by atoms with Crippen LogP contribution in [0.1, 0.15) is 34.2 Å². The topological polar surface area (TPSA) is 98.4 Å². The number of aromatic nitrogens is 2. The van der Waals surface area contributed by atoms with Crippen molar-refractivity contribution in [3.05, 3.63) is 71.9 Å². The molecule has 1 fully saturated rings. The molecule has 0 radical (unpaired) electrons. The van der Waals surface area contributed by atoms with E-state index in [1.54, 1.807) is 23.0 Å². The van der Waals surface area contributed by atoms with Crippen molar-refractivity contribution in [3.8, 4) is 5.75 Å². The number of amides is 2. The molecule has 0 spiro atoms. The van der Waals surface area contributed by atoms with Crippen molar-refractivity contribution in [3.63, 3.8) is 0 Å². The molecule has 4 rings (SSSR count). The molecule has 1 aromatic carbocycles. The van der Waals surface area contributed by atoms with E-state index in [9.17, 15) is 9.59 Å². The van der Waals surface area contributed by atoms with E-state index in [2.05, 4.69) is 16.0 Å². The summed E-state index contributed by atoms with van der Waals surface area (Å²) >= 11 is 0. The van der Waals surface area contributed by atoms with Gasteiger partial charge in [-0.3, -0.25) is 25.1 Å². The van der Waals surface area contributed by atoms with E-state index in [1.165, 1.54) is 0 Å². The number of aryl methyl sites for hydroxylation is 1. The largest absolute Gasteiger partial charge is 0.486 e. The number of hydrazine groups is 1. The summed E-state index contributed by atoms with van der Waals surface area (Å²) in [5, 5.41) is 4.11. The molecule has 2 aromatic heterocycles. The molecule has 0 saturated heterocycles. The lowest BCUT2D eigenvalue weighted by atomic mass is 10.2. The van der Waals surface area contributed by atoms with Crippen molar-refractivity contribution in [2.75, 3.05) is 0 Å². The smallest absolute Gasteiger partial charge is 0.305 e. The maximum absolute atomic E-state index is 12.2. The maximum Gasteiger partial charge on any atom is 0.305 e. The lowest BCUT2D eigenvalue weighted by molar-refractivity contribution is -0.123. The Balaban J connectivity index is 1.24. The zero-order valence-corrected chi connectivity index (χ0v) is 15.3. The van der Waals surface area contributed by atoms with Gasteiger partial charge >= 0.3 is 5.91 Å². The Morgan fingerprint density at radius 3 is 2.79 bits per heavy atom. The molecule has 1 aliphatic rings. The summed E-state index contributed by atoms with van der Waals surface area (Å²) < 4.78 is 12.8. The Morgan fingerprint density at radius 2 is 2.04 bits per heavy atom. The van der Waals surface area contributed by atoms with Crippen LogP contribution in [0.3, 0.4) is 0 Å². The monoisotopic (exact) mass is 380 g/mol. The SMILES string of the molecule is Cn1cc(C2CC2C(=O)NNC(=O)c2ccc(COc3ccccc3)o2)cn1. The standard InChI is InChI=1S/C20H20N4O4/c1-24-11-13(10-21-24)16-9-17(16)19(25)22-23-20(26)18-8-7-15(28-18)12-27-14-5-3-2-4-6-14/h2-8,10-11,16-17H,9,12H2,1H3,(H,22,25)(H,23,26). The fourth-order valence-corrected chi connectivity index (χ4v) is 3.01. The van der Waals surface area contributed by atoms with Crippen molar-refractivity contribution in [1.29, 1.82) is 0 Å². The van der Waals surface area contributed by atoms with Crippen LogP contribution in [0.4, 0.5) is 0 Å². The molecular formula is C20H20N4O4. The van der Waals surface area contributed by atoms with Gasteiger partial charge in [0.15, 0.2) is 5.76 Å². The van der Waals surface area contributed by atoms with Crippen LogP contribution < -0.4 is 15.6 Å². The molecule has 3 aromatic rings. The zero-order chi connectivity index (χ0) is 19.5. The van der Waals surface area contributed by atoms with Crippen LogP contribution in [0.2, 0.25) is 0 Å². The van der Waals surface area contributed by atoms with Crippen molar-refractivity contribution >= 4 is 11.8 Å². The molecule has 8 nitrogen and oxygen atoms in total. The Labute approximate surface area is 161 Å². The van der Waals surface area contributed by atoms with Gasteiger partial charge in [0.05, 0.1) is 6.20 Å². The van der Waals surface area contributed by atoms with E-state index >= 15 is 0 Å². The highest BCUT2D eigenvalue weighted by Crippen LogP contribution is 2.47. The van der Waals surface area contributed by atoms with Crippen LogP contribution in [-0.2, 0) is 18.4 Å². The molecule has 2 amide bonds. The molecule has 0 aliphatic heterocycles. The first-order valence-corrected chi connectivity index (χ1v) is 8.95. The van der Waals surface area contributed by atoms with E-state index in [4.69, 9.17) is 9.15 Å². The average Bonchev–Trinajstić information content (AvgIpc) is 3.16. The Kier molecular flexibility index (Phi) is 4.84. The number of carbonyl (C=O) groups excluding carboxylic acids is 2. The predicted molar refractivity (Wildman–Crippen MR) is 99.1 cm³/mol. The molecule has 8 heteroatoms. The van der Waals surface area contributed by atoms with Gasteiger partial charge in [-0.25, -0.2) is 0 Å². The van der Waals surface area contributed by atoms with Crippen molar-refractivity contribution < 1.29 is 18.7 Å². The quantitative estimate of drug-likeness (QED) is 0.639. The first kappa shape index (κ1) is 17.8. The number of ether oxygens (including phenoxy) is 1. The lowest BCUT2D eigenvalue weighted by Gasteiger charge is -2.06. The Hall–Kier alpha value is -3.55. The Morgan fingerprint density at radius 1 is 1.21 bits per heavy atom. The highest BCUT2D eigenvalue weighted by Gasteiger charge is 2.44. The fourth-order valence-electron chi connectivity index (χ4n) is 3.01. The van der Waals surface area contributed by atoms with Gasteiger partial charge in [-0.15, -0.1) is 0 Å². The molecular weight excluding hydrogens is 360 g/mol. The van der Waals surface area contributed by atoms with Crippen LogP contribution in [0.15, 0.2) is 59.3 Å². The summed E-state index contributed by atoms with van der Waals surface area (Å²) in [6, 6.07) is 12.5. The van der Waals surface area contributed by atoms with Gasteiger partial charge < -0.3 is 9.15 Å². The number of nitrogens with one attached hydrogen (secondary N) is 2. The second kappa shape index (κ2) is 7.59. The highest BCUT2D eigenvalue weighted by atomic mass is 16.5. The van der Waals surface area contributed by atoms with Gasteiger partial charge in [-0.1, -0.05) is 18.2 Å². The third-order valence-corrected chi connectivity index (χ3v) is 4.59. The van der Waals surface area contributed by atoms with Crippen molar-refractivity contribution in [1.82, 2.24) is 20.6 Å². The van der Waals surface area contributed by atoms with E-state index in [1.807, 2.05) is 43.6 Å². The van der Waals surface area contributed by atoms with Gasteiger partial charge in [0.25, 0.3) is 0 Å². The van der Waals surface area contributed by atoms with Gasteiger partial charge in [0.2, 0.25) is 5.91 Å². The van der Waals surface area contributed by atoms with Gasteiger partial charge in [-0.05, 0) is 42.2 Å². The summed E-state index contributed by atoms with van der Waals surface area (Å²) in [5.74, 6) is 0.585. The van der Waals surface area contributed by atoms with Gasteiger partial charge in [-0.2, -0.15) is 5.10 Å². The molecule has 28 heavy (non-hydrogen) atoms. The second-order valence-corrected chi connectivity index (χ2v) is 6.71. The van der Waals surface area contributed by atoms with Crippen LogP contribution >= 0.6 is 0 Å². The number of rotatable bonds is 6. The number of benzene rings is 1. The number of hydrogen-bond acceptors (Lipinski definition) is 5. The summed E-state index contributed by atoms with van der Waals surface area (Å²) in [6.07, 6.45) is 4.41. The summed E-state index contributed by atoms with van der Waals surface area (Å²) in [7, 11) is 1.84. The van der Waals surface area contributed by atoms with Crippen molar-refractivity contribution in [2.24, 2.45) is 13.0 Å². The average molecular weight is 380 g/mol. The fraction of sp³-hybridized carbons (Fsp3) is 0.250. The van der Waals surface area contributed by atoms with Crippen LogP contribution in [-0.4, -0.2) is 21.6 Å². The van der Waals surface area contributed by atoms with E-state index in [-0.39, 0.29) is 30.1 Å². The van der Waals surface area contributed by atoms with Crippen LogP contribution in [0, 0.1) is 5.92 Å². The maximum atomic E-state index is 12.2. The number of furan rings is 1. The number of hydrogen-bond donors (Lipinski definition) is 2. The third kappa shape index (κ3) is 4.06. The third-order valence-electron chi connectivity index (χ3n) is 4.59. The summed E-state index contributed by atoms with van der Waals surface area (Å²) in [5.41, 5.74) is 5.88. The number of carbonyl (C=O) groups is 2. The molecule has 2 unspecified atom stereocenters. The first-order chi connectivity index (χ1) is 13.6. The van der Waals surface area contributed by atoms with E-state index in [0.717, 1.165) is 12.0 Å². The predicted octanol–water partition coefficient (Wildman–Crippen LogP) is 2.16. The van der Waals surface area contributed by atoms with Gasteiger partial charge in [0.1, 0.15) is 18.1 Å². The van der Waals surface area contributed by atoms with Gasteiger partial charge in [0, 0.05) is 19.2 Å². The summed E-state index contributed by atoms with van der Waals surface area (Å²) in [4.78, 5) is 24.4. The minimum Gasteiger partial charge on any atom is -0.486 e. The van der Waals surface area contributed by atoms with Crippen molar-refractivity contribution in [2.45, 2.75) is 18.9 Å².